The summed E-state index contributed by atoms with van der Waals surface area (Å²) in [7, 11) is 0. The van der Waals surface area contributed by atoms with E-state index in [0.29, 0.717) is 11.5 Å². The molecule has 70 valence electrons. The number of hydrogen-bond donors (Lipinski definition) is 1. The van der Waals surface area contributed by atoms with Gasteiger partial charge < -0.3 is 5.11 Å². The molecule has 0 fully saturated rings. The Morgan fingerprint density at radius 3 is 3.07 bits per heavy atom. The average molecular weight is 189 g/mol. The SMILES string of the molecule is O=C(O)/C=C/c1nc2ccccn2n1. The zero-order valence-corrected chi connectivity index (χ0v) is 7.16. The van der Waals surface area contributed by atoms with Gasteiger partial charge in [0.05, 0.1) is 0 Å². The van der Waals surface area contributed by atoms with Crippen molar-refractivity contribution in [2.45, 2.75) is 0 Å². The molecule has 2 rings (SSSR count). The summed E-state index contributed by atoms with van der Waals surface area (Å²) in [5, 5.41) is 12.4. The molecule has 14 heavy (non-hydrogen) atoms. The fourth-order valence-corrected chi connectivity index (χ4v) is 1.07. The third-order valence-electron chi connectivity index (χ3n) is 1.63. The van der Waals surface area contributed by atoms with Crippen molar-refractivity contribution < 1.29 is 9.90 Å². The quantitative estimate of drug-likeness (QED) is 0.710. The molecule has 0 aliphatic heterocycles. The average Bonchev–Trinajstić information content (AvgIpc) is 2.57. The number of rotatable bonds is 2. The van der Waals surface area contributed by atoms with Crippen molar-refractivity contribution >= 4 is 17.7 Å². The Morgan fingerprint density at radius 1 is 1.50 bits per heavy atom. The summed E-state index contributed by atoms with van der Waals surface area (Å²) in [5.41, 5.74) is 0.692. The molecule has 0 atom stereocenters. The largest absolute Gasteiger partial charge is 0.478 e. The molecule has 0 saturated carbocycles. The van der Waals surface area contributed by atoms with Crippen molar-refractivity contribution in [3.05, 3.63) is 36.3 Å². The monoisotopic (exact) mass is 189 g/mol. The maximum Gasteiger partial charge on any atom is 0.328 e. The van der Waals surface area contributed by atoms with Crippen LogP contribution in [0.15, 0.2) is 30.5 Å². The molecule has 2 aromatic rings. The van der Waals surface area contributed by atoms with Crippen molar-refractivity contribution in [3.63, 3.8) is 0 Å². The Bertz CT molecular complexity index is 468. The third kappa shape index (κ3) is 1.61. The van der Waals surface area contributed by atoms with Crippen molar-refractivity contribution in [2.75, 3.05) is 0 Å². The lowest BCUT2D eigenvalue weighted by Crippen LogP contribution is -1.87. The van der Waals surface area contributed by atoms with Crippen molar-refractivity contribution in [1.29, 1.82) is 0 Å². The molecule has 0 spiro atoms. The lowest BCUT2D eigenvalue weighted by Gasteiger charge is -1.84. The fraction of sp³-hybridized carbons (Fsp3) is 0. The molecule has 0 saturated heterocycles. The summed E-state index contributed by atoms with van der Waals surface area (Å²) >= 11 is 0. The molecule has 0 aromatic carbocycles. The van der Waals surface area contributed by atoms with Gasteiger partial charge in [-0.2, -0.15) is 0 Å². The Kier molecular flexibility index (Phi) is 1.98. The highest BCUT2D eigenvalue weighted by molar-refractivity contribution is 5.84. The predicted octanol–water partition coefficient (Wildman–Crippen LogP) is 0.827. The number of carbonyl (C=O) groups is 1. The lowest BCUT2D eigenvalue weighted by atomic mass is 10.5. The summed E-state index contributed by atoms with van der Waals surface area (Å²) in [6.45, 7) is 0. The highest BCUT2D eigenvalue weighted by Crippen LogP contribution is 2.01. The van der Waals surface area contributed by atoms with Crippen LogP contribution in [-0.2, 0) is 4.79 Å². The van der Waals surface area contributed by atoms with Crippen LogP contribution in [0, 0.1) is 0 Å². The first-order chi connectivity index (χ1) is 6.75. The van der Waals surface area contributed by atoms with Gasteiger partial charge in [0.1, 0.15) is 0 Å². The topological polar surface area (TPSA) is 67.5 Å². The Labute approximate surface area is 79.3 Å². The number of carboxylic acid groups (broad SMARTS) is 1. The minimum Gasteiger partial charge on any atom is -0.478 e. The zero-order chi connectivity index (χ0) is 9.97. The van der Waals surface area contributed by atoms with E-state index in [1.165, 1.54) is 6.08 Å². The molecule has 2 aromatic heterocycles. The molecule has 1 N–H and O–H groups in total. The van der Waals surface area contributed by atoms with Gasteiger partial charge >= 0.3 is 5.97 Å². The maximum atomic E-state index is 10.2. The van der Waals surface area contributed by atoms with Crippen LogP contribution < -0.4 is 0 Å². The molecule has 0 radical (unpaired) electrons. The standard InChI is InChI=1S/C9H7N3O2/c13-9(14)5-4-7-10-8-3-1-2-6-12(8)11-7/h1-6H,(H,13,14)/b5-4+. The van der Waals surface area contributed by atoms with E-state index >= 15 is 0 Å². The van der Waals surface area contributed by atoms with Crippen LogP contribution in [0.4, 0.5) is 0 Å². The van der Waals surface area contributed by atoms with E-state index in [-0.39, 0.29) is 0 Å². The van der Waals surface area contributed by atoms with Gasteiger partial charge in [-0.05, 0) is 18.2 Å². The summed E-state index contributed by atoms with van der Waals surface area (Å²) in [6.07, 6.45) is 4.12. The van der Waals surface area contributed by atoms with E-state index in [2.05, 4.69) is 10.1 Å². The molecular formula is C9H7N3O2. The van der Waals surface area contributed by atoms with E-state index in [9.17, 15) is 4.79 Å². The number of aromatic nitrogens is 3. The zero-order valence-electron chi connectivity index (χ0n) is 7.16. The number of fused-ring (bicyclic) bond motifs is 1. The minimum absolute atomic E-state index is 0.388. The second-order valence-corrected chi connectivity index (χ2v) is 2.64. The van der Waals surface area contributed by atoms with Crippen molar-refractivity contribution in [3.8, 4) is 0 Å². The molecule has 0 amide bonds. The third-order valence-corrected chi connectivity index (χ3v) is 1.63. The van der Waals surface area contributed by atoms with Gasteiger partial charge in [0.15, 0.2) is 11.5 Å². The Morgan fingerprint density at radius 2 is 2.36 bits per heavy atom. The van der Waals surface area contributed by atoms with Crippen molar-refractivity contribution in [2.24, 2.45) is 0 Å². The lowest BCUT2D eigenvalue weighted by molar-refractivity contribution is -0.131. The second-order valence-electron chi connectivity index (χ2n) is 2.64. The summed E-state index contributed by atoms with van der Waals surface area (Å²) < 4.78 is 1.58. The van der Waals surface area contributed by atoms with E-state index in [0.717, 1.165) is 6.08 Å². The summed E-state index contributed by atoms with van der Waals surface area (Å²) in [4.78, 5) is 14.3. The van der Waals surface area contributed by atoms with Gasteiger partial charge in [-0.15, -0.1) is 5.10 Å². The van der Waals surface area contributed by atoms with Crippen LogP contribution in [-0.4, -0.2) is 25.7 Å². The van der Waals surface area contributed by atoms with Crippen molar-refractivity contribution in [1.82, 2.24) is 14.6 Å². The Balaban J connectivity index is 2.40. The van der Waals surface area contributed by atoms with E-state index < -0.39 is 5.97 Å². The van der Waals surface area contributed by atoms with Gasteiger partial charge in [-0.25, -0.2) is 14.3 Å². The van der Waals surface area contributed by atoms with Gasteiger partial charge in [0, 0.05) is 12.3 Å². The van der Waals surface area contributed by atoms with Gasteiger partial charge in [-0.1, -0.05) is 6.07 Å². The molecule has 0 unspecified atom stereocenters. The van der Waals surface area contributed by atoms with Crippen LogP contribution >= 0.6 is 0 Å². The molecule has 0 bridgehead atoms. The molecule has 5 nitrogen and oxygen atoms in total. The number of hydrogen-bond acceptors (Lipinski definition) is 3. The van der Waals surface area contributed by atoms with Crippen LogP contribution in [0.1, 0.15) is 5.82 Å². The fourth-order valence-electron chi connectivity index (χ4n) is 1.07. The maximum absolute atomic E-state index is 10.2. The number of pyridine rings is 1. The molecule has 5 heteroatoms. The van der Waals surface area contributed by atoms with Crippen LogP contribution in [0.2, 0.25) is 0 Å². The predicted molar refractivity (Wildman–Crippen MR) is 49.7 cm³/mol. The second kappa shape index (κ2) is 3.29. The molecular weight excluding hydrogens is 182 g/mol. The first-order valence-corrected chi connectivity index (χ1v) is 3.98. The first-order valence-electron chi connectivity index (χ1n) is 3.98. The minimum atomic E-state index is -1.01. The van der Waals surface area contributed by atoms with E-state index in [1.807, 2.05) is 12.1 Å². The normalized spacial score (nSPS) is 11.1. The highest BCUT2D eigenvalue weighted by atomic mass is 16.4. The van der Waals surface area contributed by atoms with Crippen LogP contribution in [0.3, 0.4) is 0 Å². The molecule has 0 aliphatic rings. The van der Waals surface area contributed by atoms with E-state index in [4.69, 9.17) is 5.11 Å². The van der Waals surface area contributed by atoms with Gasteiger partial charge in [0.25, 0.3) is 0 Å². The van der Waals surface area contributed by atoms with Crippen LogP contribution in [0.5, 0.6) is 0 Å². The summed E-state index contributed by atoms with van der Waals surface area (Å²) in [5.74, 6) is -0.623. The van der Waals surface area contributed by atoms with Gasteiger partial charge in [0.2, 0.25) is 0 Å². The van der Waals surface area contributed by atoms with Crippen LogP contribution in [0.25, 0.3) is 11.7 Å². The van der Waals surface area contributed by atoms with Gasteiger partial charge in [-0.3, -0.25) is 0 Å². The molecule has 0 aliphatic carbocycles. The Hall–Kier alpha value is -2.17. The highest BCUT2D eigenvalue weighted by Gasteiger charge is 1.98. The number of nitrogens with zero attached hydrogens (tertiary/aromatic N) is 3. The number of carboxylic acids is 1. The smallest absolute Gasteiger partial charge is 0.328 e. The number of aliphatic carboxylic acids is 1. The first kappa shape index (κ1) is 8.43. The van der Waals surface area contributed by atoms with E-state index in [1.54, 1.807) is 16.8 Å². The molecule has 2 heterocycles. The summed E-state index contributed by atoms with van der Waals surface area (Å²) in [6, 6.07) is 5.46.